The molecule has 0 aliphatic carbocycles. The van der Waals surface area contributed by atoms with Gasteiger partial charge in [0, 0.05) is 6.20 Å². The Morgan fingerprint density at radius 1 is 1.08 bits per heavy atom. The molecule has 1 aromatic heterocycles. The zero-order chi connectivity index (χ0) is 18.3. The van der Waals surface area contributed by atoms with Crippen molar-refractivity contribution in [3.63, 3.8) is 0 Å². The fraction of sp³-hybridized carbons (Fsp3) is 0.316. The molecule has 0 unspecified atom stereocenters. The van der Waals surface area contributed by atoms with Crippen molar-refractivity contribution >= 4 is 12.0 Å². The van der Waals surface area contributed by atoms with E-state index in [1.165, 1.54) is 0 Å². The Labute approximate surface area is 147 Å². The summed E-state index contributed by atoms with van der Waals surface area (Å²) in [6.07, 6.45) is 1.05. The van der Waals surface area contributed by atoms with Crippen LogP contribution in [-0.4, -0.2) is 29.1 Å². The van der Waals surface area contributed by atoms with Crippen LogP contribution in [0.1, 0.15) is 38.1 Å². The van der Waals surface area contributed by atoms with Crippen molar-refractivity contribution in [3.8, 4) is 0 Å². The number of rotatable bonds is 5. The number of ether oxygens (including phenoxy) is 1. The minimum Gasteiger partial charge on any atom is -0.444 e. The van der Waals surface area contributed by atoms with Crippen LogP contribution in [0.5, 0.6) is 0 Å². The molecule has 1 aromatic carbocycles. The Morgan fingerprint density at radius 3 is 2.36 bits per heavy atom. The van der Waals surface area contributed by atoms with Gasteiger partial charge in [-0.05, 0) is 38.5 Å². The summed E-state index contributed by atoms with van der Waals surface area (Å²) >= 11 is 0. The second-order valence-electron chi connectivity index (χ2n) is 6.52. The molecule has 2 N–H and O–H groups in total. The minimum absolute atomic E-state index is 0.176. The van der Waals surface area contributed by atoms with Gasteiger partial charge in [0.1, 0.15) is 12.1 Å². The lowest BCUT2D eigenvalue weighted by Crippen LogP contribution is -2.41. The average Bonchev–Trinajstić information content (AvgIpc) is 2.58. The summed E-state index contributed by atoms with van der Waals surface area (Å²) in [4.78, 5) is 28.2. The second-order valence-corrected chi connectivity index (χ2v) is 6.52. The smallest absolute Gasteiger partial charge is 0.408 e. The van der Waals surface area contributed by atoms with E-state index in [-0.39, 0.29) is 12.5 Å². The van der Waals surface area contributed by atoms with Crippen molar-refractivity contribution in [1.82, 2.24) is 15.6 Å². The van der Waals surface area contributed by atoms with Gasteiger partial charge in [0.05, 0.1) is 11.7 Å². The van der Waals surface area contributed by atoms with Gasteiger partial charge in [-0.3, -0.25) is 9.78 Å². The molecular formula is C19H23N3O3. The first-order valence-corrected chi connectivity index (χ1v) is 8.07. The number of hydrogen-bond donors (Lipinski definition) is 2. The van der Waals surface area contributed by atoms with Crippen LogP contribution in [0.15, 0.2) is 54.7 Å². The number of nitrogens with one attached hydrogen (secondary N) is 2. The molecule has 1 atom stereocenters. The Morgan fingerprint density at radius 2 is 1.76 bits per heavy atom. The molecule has 0 saturated carbocycles. The van der Waals surface area contributed by atoms with Crippen LogP contribution >= 0.6 is 0 Å². The number of amides is 2. The maximum Gasteiger partial charge on any atom is 0.408 e. The first-order valence-electron chi connectivity index (χ1n) is 8.07. The summed E-state index contributed by atoms with van der Waals surface area (Å²) in [6.45, 7) is 5.11. The second kappa shape index (κ2) is 8.28. The fourth-order valence-electron chi connectivity index (χ4n) is 2.20. The highest BCUT2D eigenvalue weighted by atomic mass is 16.6. The third-order valence-corrected chi connectivity index (χ3v) is 3.21. The summed E-state index contributed by atoms with van der Waals surface area (Å²) in [7, 11) is 0. The molecule has 132 valence electrons. The van der Waals surface area contributed by atoms with E-state index < -0.39 is 17.7 Å². The fourth-order valence-corrected chi connectivity index (χ4v) is 2.20. The number of carbonyl (C=O) groups excluding carboxylic acids is 2. The normalized spacial score (nSPS) is 12.1. The molecule has 0 spiro atoms. The molecule has 0 bridgehead atoms. The number of hydrogen-bond acceptors (Lipinski definition) is 4. The minimum atomic E-state index is -0.628. The van der Waals surface area contributed by atoms with Crippen molar-refractivity contribution in [2.24, 2.45) is 0 Å². The van der Waals surface area contributed by atoms with Gasteiger partial charge in [0.2, 0.25) is 5.91 Å². The maximum absolute atomic E-state index is 12.3. The zero-order valence-electron chi connectivity index (χ0n) is 14.7. The monoisotopic (exact) mass is 341 g/mol. The molecule has 2 rings (SSSR count). The molecule has 6 heteroatoms. The van der Waals surface area contributed by atoms with Crippen molar-refractivity contribution in [1.29, 1.82) is 0 Å². The molecule has 0 aliphatic rings. The Kier molecular flexibility index (Phi) is 6.11. The first-order chi connectivity index (χ1) is 11.8. The summed E-state index contributed by atoms with van der Waals surface area (Å²) in [5, 5.41) is 5.35. The molecule has 0 fully saturated rings. The third kappa shape index (κ3) is 6.25. The summed E-state index contributed by atoms with van der Waals surface area (Å²) in [5.74, 6) is -0.328. The highest BCUT2D eigenvalue weighted by Gasteiger charge is 2.20. The summed E-state index contributed by atoms with van der Waals surface area (Å²) in [6, 6.07) is 14.7. The topological polar surface area (TPSA) is 80.3 Å². The molecule has 6 nitrogen and oxygen atoms in total. The molecule has 1 heterocycles. The SMILES string of the molecule is CC(C)(C)OC(=O)NCC(=O)N[C@@H](c1ccccc1)c1ccccn1. The molecule has 25 heavy (non-hydrogen) atoms. The van der Waals surface area contributed by atoms with Crippen LogP contribution in [0, 0.1) is 0 Å². The van der Waals surface area contributed by atoms with Crippen molar-refractivity contribution in [2.45, 2.75) is 32.4 Å². The summed E-state index contributed by atoms with van der Waals surface area (Å²) in [5.41, 5.74) is 1.02. The van der Waals surface area contributed by atoms with Gasteiger partial charge < -0.3 is 15.4 Å². The van der Waals surface area contributed by atoms with Crippen LogP contribution in [0.2, 0.25) is 0 Å². The van der Waals surface area contributed by atoms with Crippen molar-refractivity contribution in [3.05, 3.63) is 66.0 Å². The predicted molar refractivity (Wildman–Crippen MR) is 94.9 cm³/mol. The average molecular weight is 341 g/mol. The first kappa shape index (κ1) is 18.4. The van der Waals surface area contributed by atoms with Crippen molar-refractivity contribution < 1.29 is 14.3 Å². The number of benzene rings is 1. The predicted octanol–water partition coefficient (Wildman–Crippen LogP) is 2.81. The van der Waals surface area contributed by atoms with Crippen LogP contribution in [0.4, 0.5) is 4.79 Å². The highest BCUT2D eigenvalue weighted by molar-refractivity contribution is 5.82. The lowest BCUT2D eigenvalue weighted by Gasteiger charge is -2.21. The lowest BCUT2D eigenvalue weighted by molar-refractivity contribution is -0.120. The Bertz CT molecular complexity index is 657. The highest BCUT2D eigenvalue weighted by Crippen LogP contribution is 2.19. The number of aromatic nitrogens is 1. The van der Waals surface area contributed by atoms with E-state index >= 15 is 0 Å². The zero-order valence-corrected chi connectivity index (χ0v) is 14.7. The third-order valence-electron chi connectivity index (χ3n) is 3.21. The van der Waals surface area contributed by atoms with Crippen LogP contribution in [0.25, 0.3) is 0 Å². The Balaban J connectivity index is 2.02. The van der Waals surface area contributed by atoms with Crippen LogP contribution in [0.3, 0.4) is 0 Å². The molecule has 2 amide bonds. The van der Waals surface area contributed by atoms with Gasteiger partial charge in [-0.25, -0.2) is 4.79 Å². The van der Waals surface area contributed by atoms with Crippen LogP contribution < -0.4 is 10.6 Å². The molecule has 0 aliphatic heterocycles. The van der Waals surface area contributed by atoms with Gasteiger partial charge in [-0.2, -0.15) is 0 Å². The molecule has 2 aromatic rings. The van der Waals surface area contributed by atoms with Gasteiger partial charge in [0.25, 0.3) is 0 Å². The maximum atomic E-state index is 12.3. The van der Waals surface area contributed by atoms with E-state index in [0.717, 1.165) is 11.3 Å². The van der Waals surface area contributed by atoms with Gasteiger partial charge >= 0.3 is 6.09 Å². The number of carbonyl (C=O) groups is 2. The lowest BCUT2D eigenvalue weighted by atomic mass is 10.0. The van der Waals surface area contributed by atoms with Gasteiger partial charge in [0.15, 0.2) is 0 Å². The van der Waals surface area contributed by atoms with E-state index in [1.807, 2.05) is 48.5 Å². The molecule has 0 saturated heterocycles. The van der Waals surface area contributed by atoms with E-state index in [9.17, 15) is 9.59 Å². The Hall–Kier alpha value is -2.89. The van der Waals surface area contributed by atoms with Gasteiger partial charge in [-0.15, -0.1) is 0 Å². The number of pyridine rings is 1. The van der Waals surface area contributed by atoms with Crippen molar-refractivity contribution in [2.75, 3.05) is 6.54 Å². The van der Waals surface area contributed by atoms with E-state index in [4.69, 9.17) is 4.74 Å². The molecule has 0 radical (unpaired) electrons. The van der Waals surface area contributed by atoms with Crippen LogP contribution in [-0.2, 0) is 9.53 Å². The number of alkyl carbamates (subject to hydrolysis) is 1. The summed E-state index contributed by atoms with van der Waals surface area (Å²) < 4.78 is 5.12. The standard InChI is InChI=1S/C19H23N3O3/c1-19(2,3)25-18(24)21-13-16(23)22-17(14-9-5-4-6-10-14)15-11-7-8-12-20-15/h4-12,17H,13H2,1-3H3,(H,21,24)(H,22,23)/t17-/m0/s1. The van der Waals surface area contributed by atoms with E-state index in [1.54, 1.807) is 27.0 Å². The molecular weight excluding hydrogens is 318 g/mol. The van der Waals surface area contributed by atoms with Gasteiger partial charge in [-0.1, -0.05) is 36.4 Å². The van der Waals surface area contributed by atoms with E-state index in [0.29, 0.717) is 0 Å². The van der Waals surface area contributed by atoms with E-state index in [2.05, 4.69) is 15.6 Å². The number of nitrogens with zero attached hydrogens (tertiary/aromatic N) is 1. The quantitative estimate of drug-likeness (QED) is 0.876. The largest absolute Gasteiger partial charge is 0.444 e.